The molecule has 0 radical (unpaired) electrons. The van der Waals surface area contributed by atoms with Crippen LogP contribution < -0.4 is 0 Å². The molecule has 2 aromatic rings. The molecule has 3 heteroatoms. The fourth-order valence-electron chi connectivity index (χ4n) is 1.91. The number of hydrogen-bond donors (Lipinski definition) is 1. The Morgan fingerprint density at radius 1 is 1.06 bits per heavy atom. The van der Waals surface area contributed by atoms with Gasteiger partial charge in [-0.1, -0.05) is 38.1 Å². The van der Waals surface area contributed by atoms with Gasteiger partial charge in [-0.05, 0) is 30.3 Å². The second kappa shape index (κ2) is 5.64. The standard InChI is InChI=1S/C14H19N3/c1-3-17(4-2)11-12-5-7-13(8-6-12)14-9-10-15-16-14/h5-10H,3-4,11H2,1-2H3,(H,15,16). The third kappa shape index (κ3) is 2.94. The first-order valence-corrected chi connectivity index (χ1v) is 6.14. The van der Waals surface area contributed by atoms with Crippen LogP contribution in [-0.4, -0.2) is 28.2 Å². The first kappa shape index (κ1) is 11.9. The molecular formula is C14H19N3. The van der Waals surface area contributed by atoms with Gasteiger partial charge >= 0.3 is 0 Å². The highest BCUT2D eigenvalue weighted by Crippen LogP contribution is 2.17. The Morgan fingerprint density at radius 3 is 2.29 bits per heavy atom. The molecule has 3 nitrogen and oxygen atoms in total. The topological polar surface area (TPSA) is 31.9 Å². The Hall–Kier alpha value is -1.61. The first-order chi connectivity index (χ1) is 8.33. The van der Waals surface area contributed by atoms with Crippen LogP contribution in [0.2, 0.25) is 0 Å². The molecule has 0 spiro atoms. The zero-order chi connectivity index (χ0) is 12.1. The Kier molecular flexibility index (Phi) is 3.94. The molecular weight excluding hydrogens is 210 g/mol. The van der Waals surface area contributed by atoms with Gasteiger partial charge in [0.1, 0.15) is 0 Å². The van der Waals surface area contributed by atoms with E-state index >= 15 is 0 Å². The molecule has 0 unspecified atom stereocenters. The fourth-order valence-corrected chi connectivity index (χ4v) is 1.91. The van der Waals surface area contributed by atoms with Gasteiger partial charge in [0.2, 0.25) is 0 Å². The molecule has 0 aliphatic rings. The van der Waals surface area contributed by atoms with Crippen molar-refractivity contribution in [3.05, 3.63) is 42.1 Å². The maximum absolute atomic E-state index is 3.96. The molecule has 17 heavy (non-hydrogen) atoms. The molecule has 1 N–H and O–H groups in total. The molecule has 0 saturated carbocycles. The summed E-state index contributed by atoms with van der Waals surface area (Å²) in [6.07, 6.45) is 1.78. The van der Waals surface area contributed by atoms with E-state index in [1.807, 2.05) is 6.07 Å². The number of aromatic nitrogens is 2. The summed E-state index contributed by atoms with van der Waals surface area (Å²) in [6, 6.07) is 10.7. The van der Waals surface area contributed by atoms with E-state index in [0.717, 1.165) is 25.3 Å². The van der Waals surface area contributed by atoms with E-state index in [1.54, 1.807) is 6.20 Å². The lowest BCUT2D eigenvalue weighted by Gasteiger charge is -2.17. The number of nitrogens with zero attached hydrogens (tertiary/aromatic N) is 2. The molecule has 1 aromatic heterocycles. The minimum absolute atomic E-state index is 1.02. The summed E-state index contributed by atoms with van der Waals surface area (Å²) < 4.78 is 0. The quantitative estimate of drug-likeness (QED) is 0.855. The molecule has 1 heterocycles. The van der Waals surface area contributed by atoms with Gasteiger partial charge in [0.05, 0.1) is 5.69 Å². The van der Waals surface area contributed by atoms with Gasteiger partial charge in [-0.25, -0.2) is 0 Å². The summed E-state index contributed by atoms with van der Waals surface area (Å²) in [5, 5.41) is 6.94. The predicted molar refractivity (Wildman–Crippen MR) is 70.6 cm³/mol. The predicted octanol–water partition coefficient (Wildman–Crippen LogP) is 2.92. The Morgan fingerprint density at radius 2 is 1.76 bits per heavy atom. The molecule has 0 atom stereocenters. The third-order valence-electron chi connectivity index (χ3n) is 3.07. The van der Waals surface area contributed by atoms with Crippen molar-refractivity contribution in [1.29, 1.82) is 0 Å². The summed E-state index contributed by atoms with van der Waals surface area (Å²) >= 11 is 0. The van der Waals surface area contributed by atoms with E-state index in [-0.39, 0.29) is 0 Å². The van der Waals surface area contributed by atoms with Crippen LogP contribution in [0.25, 0.3) is 11.3 Å². The van der Waals surface area contributed by atoms with Crippen molar-refractivity contribution in [2.75, 3.05) is 13.1 Å². The summed E-state index contributed by atoms with van der Waals surface area (Å²) in [7, 11) is 0. The number of aromatic amines is 1. The van der Waals surface area contributed by atoms with Gasteiger partial charge in [0.25, 0.3) is 0 Å². The zero-order valence-electron chi connectivity index (χ0n) is 10.5. The molecule has 0 aliphatic heterocycles. The minimum Gasteiger partial charge on any atom is -0.300 e. The average molecular weight is 229 g/mol. The maximum atomic E-state index is 3.96. The second-order valence-corrected chi connectivity index (χ2v) is 4.13. The van der Waals surface area contributed by atoms with Crippen LogP contribution in [0.5, 0.6) is 0 Å². The minimum atomic E-state index is 1.02. The van der Waals surface area contributed by atoms with Gasteiger partial charge in [0.15, 0.2) is 0 Å². The highest BCUT2D eigenvalue weighted by Gasteiger charge is 2.02. The van der Waals surface area contributed by atoms with E-state index in [0.29, 0.717) is 0 Å². The monoisotopic (exact) mass is 229 g/mol. The summed E-state index contributed by atoms with van der Waals surface area (Å²) in [5.74, 6) is 0. The highest BCUT2D eigenvalue weighted by molar-refractivity contribution is 5.58. The number of rotatable bonds is 5. The fraction of sp³-hybridized carbons (Fsp3) is 0.357. The average Bonchev–Trinajstić information content (AvgIpc) is 2.90. The zero-order valence-corrected chi connectivity index (χ0v) is 10.5. The molecule has 0 bridgehead atoms. The lowest BCUT2D eigenvalue weighted by atomic mass is 10.1. The molecule has 0 fully saturated rings. The molecule has 0 saturated heterocycles. The Labute approximate surface area is 102 Å². The van der Waals surface area contributed by atoms with Crippen LogP contribution in [-0.2, 0) is 6.54 Å². The van der Waals surface area contributed by atoms with Crippen molar-refractivity contribution in [2.45, 2.75) is 20.4 Å². The van der Waals surface area contributed by atoms with Crippen LogP contribution in [0.3, 0.4) is 0 Å². The Balaban J connectivity index is 2.08. The van der Waals surface area contributed by atoms with E-state index < -0.39 is 0 Å². The SMILES string of the molecule is CCN(CC)Cc1ccc(-c2ccn[nH]2)cc1. The van der Waals surface area contributed by atoms with Crippen molar-refractivity contribution in [3.8, 4) is 11.3 Å². The largest absolute Gasteiger partial charge is 0.300 e. The molecule has 0 amide bonds. The van der Waals surface area contributed by atoms with Crippen molar-refractivity contribution < 1.29 is 0 Å². The second-order valence-electron chi connectivity index (χ2n) is 4.13. The summed E-state index contributed by atoms with van der Waals surface area (Å²) in [4.78, 5) is 2.41. The van der Waals surface area contributed by atoms with Crippen molar-refractivity contribution in [3.63, 3.8) is 0 Å². The third-order valence-corrected chi connectivity index (χ3v) is 3.07. The summed E-state index contributed by atoms with van der Waals surface area (Å²) in [5.41, 5.74) is 3.61. The lowest BCUT2D eigenvalue weighted by molar-refractivity contribution is 0.296. The molecule has 2 rings (SSSR count). The first-order valence-electron chi connectivity index (χ1n) is 6.14. The van der Waals surface area contributed by atoms with Gasteiger partial charge in [-0.3, -0.25) is 10.00 Å². The number of benzene rings is 1. The van der Waals surface area contributed by atoms with Crippen LogP contribution in [0.1, 0.15) is 19.4 Å². The smallest absolute Gasteiger partial charge is 0.0650 e. The van der Waals surface area contributed by atoms with Gasteiger partial charge in [-0.15, -0.1) is 0 Å². The van der Waals surface area contributed by atoms with Crippen LogP contribution in [0.15, 0.2) is 36.5 Å². The van der Waals surface area contributed by atoms with Gasteiger partial charge < -0.3 is 0 Å². The molecule has 1 aromatic carbocycles. The van der Waals surface area contributed by atoms with E-state index in [2.05, 4.69) is 53.2 Å². The highest BCUT2D eigenvalue weighted by atomic mass is 15.1. The number of H-pyrrole nitrogens is 1. The molecule has 0 aliphatic carbocycles. The number of nitrogens with one attached hydrogen (secondary N) is 1. The van der Waals surface area contributed by atoms with Gasteiger partial charge in [-0.2, -0.15) is 5.10 Å². The number of hydrogen-bond acceptors (Lipinski definition) is 2. The van der Waals surface area contributed by atoms with E-state index in [9.17, 15) is 0 Å². The Bertz CT molecular complexity index is 427. The van der Waals surface area contributed by atoms with Crippen LogP contribution >= 0.6 is 0 Å². The van der Waals surface area contributed by atoms with Crippen LogP contribution in [0, 0.1) is 0 Å². The maximum Gasteiger partial charge on any atom is 0.0650 e. The van der Waals surface area contributed by atoms with Gasteiger partial charge in [0, 0.05) is 12.7 Å². The normalized spacial score (nSPS) is 11.0. The summed E-state index contributed by atoms with van der Waals surface area (Å²) in [6.45, 7) is 7.61. The van der Waals surface area contributed by atoms with E-state index in [4.69, 9.17) is 0 Å². The van der Waals surface area contributed by atoms with E-state index in [1.165, 1.54) is 11.1 Å². The van der Waals surface area contributed by atoms with Crippen LogP contribution in [0.4, 0.5) is 0 Å². The van der Waals surface area contributed by atoms with Crippen molar-refractivity contribution in [2.24, 2.45) is 0 Å². The lowest BCUT2D eigenvalue weighted by Crippen LogP contribution is -2.21. The molecule has 90 valence electrons. The van der Waals surface area contributed by atoms with Crippen molar-refractivity contribution >= 4 is 0 Å². The van der Waals surface area contributed by atoms with Crippen molar-refractivity contribution in [1.82, 2.24) is 15.1 Å².